The summed E-state index contributed by atoms with van der Waals surface area (Å²) in [5, 5.41) is 17.4. The fourth-order valence-corrected chi connectivity index (χ4v) is 7.96. The minimum Gasteiger partial charge on any atom is -0.497 e. The molecule has 56 heavy (non-hydrogen) atoms. The first-order valence-electron chi connectivity index (χ1n) is 17.4. The Hall–Kier alpha value is -5.27. The predicted octanol–water partition coefficient (Wildman–Crippen LogP) is 7.74. The van der Waals surface area contributed by atoms with Crippen molar-refractivity contribution in [3.05, 3.63) is 82.8 Å². The van der Waals surface area contributed by atoms with Crippen molar-refractivity contribution in [1.29, 1.82) is 0 Å². The molecule has 3 N–H and O–H groups in total. The van der Waals surface area contributed by atoms with Crippen molar-refractivity contribution < 1.29 is 50.1 Å². The quantitative estimate of drug-likeness (QED) is 0.0477. The van der Waals surface area contributed by atoms with Crippen molar-refractivity contribution in [3.63, 3.8) is 0 Å². The molecule has 5 rings (SSSR count). The summed E-state index contributed by atoms with van der Waals surface area (Å²) >= 11 is 0. The van der Waals surface area contributed by atoms with E-state index in [4.69, 9.17) is 14.2 Å². The number of ether oxygens (including phenoxy) is 3. The Balaban J connectivity index is 1.67. The van der Waals surface area contributed by atoms with Crippen LogP contribution >= 0.6 is 0 Å². The number of aryl methyl sites for hydroxylation is 1. The van der Waals surface area contributed by atoms with Gasteiger partial charge in [0, 0.05) is 26.8 Å². The summed E-state index contributed by atoms with van der Waals surface area (Å²) in [4.78, 5) is 21.6. The lowest BCUT2D eigenvalue weighted by atomic mass is 10.0. The second-order valence-corrected chi connectivity index (χ2v) is 21.2. The maximum Gasteiger partial charge on any atom is 0.393 e. The number of carboxylic acids is 1. The third-order valence-corrected chi connectivity index (χ3v) is 11.8. The number of hydrogen-bond donors (Lipinski definition) is 3. The van der Waals surface area contributed by atoms with E-state index >= 15 is 4.39 Å². The number of carboxylic acid groups (broad SMARTS) is 1. The third kappa shape index (κ3) is 9.93. The first kappa shape index (κ1) is 41.9. The van der Waals surface area contributed by atoms with Crippen molar-refractivity contribution in [2.24, 2.45) is 0 Å². The van der Waals surface area contributed by atoms with Gasteiger partial charge in [-0.15, -0.1) is 0 Å². The number of halogens is 4. The van der Waals surface area contributed by atoms with E-state index in [1.807, 2.05) is 6.92 Å². The fourth-order valence-electron chi connectivity index (χ4n) is 5.79. The van der Waals surface area contributed by atoms with Crippen molar-refractivity contribution in [2.75, 3.05) is 30.9 Å². The number of fused-ring (bicyclic) bond motifs is 1. The number of nitrogens with zero attached hydrogens (tertiary/aromatic N) is 4. The van der Waals surface area contributed by atoms with Gasteiger partial charge in [0.15, 0.2) is 28.7 Å². The van der Waals surface area contributed by atoms with Gasteiger partial charge >= 0.3 is 12.1 Å². The van der Waals surface area contributed by atoms with E-state index in [0.717, 1.165) is 30.0 Å². The zero-order chi connectivity index (χ0) is 41.0. The Morgan fingerprint density at radius 3 is 2.36 bits per heavy atom. The normalized spacial score (nSPS) is 12.2. The first-order chi connectivity index (χ1) is 26.3. The molecule has 0 saturated heterocycles. The number of rotatable bonds is 17. The van der Waals surface area contributed by atoms with Crippen molar-refractivity contribution in [2.45, 2.75) is 69.8 Å². The molecular weight excluding hydrogens is 777 g/mol. The lowest BCUT2D eigenvalue weighted by molar-refractivity contribution is -0.127. The highest BCUT2D eigenvalue weighted by atomic mass is 32.2. The van der Waals surface area contributed by atoms with E-state index in [1.165, 1.54) is 19.2 Å². The molecule has 0 aliphatic rings. The largest absolute Gasteiger partial charge is 0.497 e. The zero-order valence-electron chi connectivity index (χ0n) is 31.5. The minimum atomic E-state index is -4.72. The van der Waals surface area contributed by atoms with E-state index in [1.54, 1.807) is 30.3 Å². The number of aromatic carboxylic acids is 1. The van der Waals surface area contributed by atoms with Crippen molar-refractivity contribution >= 4 is 46.6 Å². The molecule has 5 aromatic rings. The molecule has 0 fully saturated rings. The van der Waals surface area contributed by atoms with Crippen molar-refractivity contribution in [1.82, 2.24) is 19.7 Å². The van der Waals surface area contributed by atoms with Crippen LogP contribution < -0.4 is 19.5 Å². The molecule has 0 saturated carbocycles. The molecule has 0 radical (unpaired) electrons. The van der Waals surface area contributed by atoms with Crippen LogP contribution in [0.2, 0.25) is 25.7 Å². The summed E-state index contributed by atoms with van der Waals surface area (Å²) in [6.07, 6.45) is -5.76. The zero-order valence-corrected chi connectivity index (χ0v) is 33.4. The fraction of sp³-hybridized carbons (Fsp3) is 0.351. The Kier molecular flexibility index (Phi) is 12.6. The third-order valence-electron chi connectivity index (χ3n) is 8.66. The van der Waals surface area contributed by atoms with Crippen LogP contribution in [-0.4, -0.2) is 74.3 Å². The Morgan fingerprint density at radius 2 is 1.71 bits per heavy atom. The molecule has 0 atom stereocenters. The number of hydrogen-bond acceptors (Lipinski definition) is 10. The number of alkyl halides is 3. The number of anilines is 2. The summed E-state index contributed by atoms with van der Waals surface area (Å²) < 4.78 is 104. The van der Waals surface area contributed by atoms with E-state index < -0.39 is 59.5 Å². The molecule has 300 valence electrons. The first-order valence-corrected chi connectivity index (χ1v) is 22.6. The summed E-state index contributed by atoms with van der Waals surface area (Å²) in [5.74, 6) is -3.11. The highest BCUT2D eigenvalue weighted by Crippen LogP contribution is 2.36. The predicted molar refractivity (Wildman–Crippen MR) is 205 cm³/mol. The van der Waals surface area contributed by atoms with Gasteiger partial charge in [-0.2, -0.15) is 18.3 Å². The Bertz CT molecular complexity index is 2350. The lowest BCUT2D eigenvalue weighted by Crippen LogP contribution is -2.22. The number of aromatic nitrogens is 4. The summed E-state index contributed by atoms with van der Waals surface area (Å²) in [6.45, 7) is 8.10. The number of methoxy groups -OCH3 is 2. The number of nitrogens with one attached hydrogen (secondary N) is 2. The van der Waals surface area contributed by atoms with Gasteiger partial charge in [0.25, 0.3) is 10.0 Å². The molecular formula is C37H42F4N6O7SSi. The van der Waals surface area contributed by atoms with Gasteiger partial charge in [0.2, 0.25) is 0 Å². The Morgan fingerprint density at radius 1 is 0.982 bits per heavy atom. The molecule has 2 aromatic heterocycles. The molecule has 19 heteroatoms. The van der Waals surface area contributed by atoms with Crippen LogP contribution in [0.15, 0.2) is 59.5 Å². The average molecular weight is 819 g/mol. The van der Waals surface area contributed by atoms with Crippen molar-refractivity contribution in [3.8, 4) is 22.9 Å². The standard InChI is InChI=1S/C37H42F4N6O7SSi/c1-7-22-10-8-9-11-30(22)55(50,51)46-28-13-12-25(52-2)16-24(28)20-42-34-31-32(36(48)49)45-47(21-54-14-15-56(4,5)6)35(31)44-33(43-34)26-18-27(38)29(53-3)17-23(26)19-37(39,40)41/h8-13,16-18,46H,7,14-15,19-21H2,1-6H3,(H,48,49)(H,42,43,44). The highest BCUT2D eigenvalue weighted by Gasteiger charge is 2.32. The van der Waals surface area contributed by atoms with E-state index in [2.05, 4.69) is 44.7 Å². The Labute approximate surface area is 322 Å². The number of sulfonamides is 1. The molecule has 0 aliphatic carbocycles. The SMILES string of the molecule is CCc1ccccc1S(=O)(=O)Nc1ccc(OC)cc1CNc1nc(-c2cc(F)c(OC)cc2CC(F)(F)F)nc2c1c(C(=O)O)nn2COCC[Si](C)(C)C. The van der Waals surface area contributed by atoms with E-state index in [9.17, 15) is 31.5 Å². The van der Waals surface area contributed by atoms with Gasteiger partial charge in [-0.3, -0.25) is 4.72 Å². The van der Waals surface area contributed by atoms with Gasteiger partial charge < -0.3 is 24.6 Å². The lowest BCUT2D eigenvalue weighted by Gasteiger charge is -2.17. The molecule has 3 aromatic carbocycles. The van der Waals surface area contributed by atoms with Gasteiger partial charge in [-0.05, 0) is 65.6 Å². The van der Waals surface area contributed by atoms with Gasteiger partial charge in [-0.25, -0.2) is 32.3 Å². The summed E-state index contributed by atoms with van der Waals surface area (Å²) in [7, 11) is -3.11. The molecule has 0 aliphatic heterocycles. The minimum absolute atomic E-state index is 0.0753. The molecule has 2 heterocycles. The van der Waals surface area contributed by atoms with Gasteiger partial charge in [-0.1, -0.05) is 44.8 Å². The molecule has 0 amide bonds. The van der Waals surface area contributed by atoms with E-state index in [-0.39, 0.29) is 52.1 Å². The van der Waals surface area contributed by atoms with Crippen LogP contribution in [0.25, 0.3) is 22.4 Å². The maximum absolute atomic E-state index is 15.2. The number of carbonyl (C=O) groups is 1. The van der Waals surface area contributed by atoms with Crippen LogP contribution in [0.4, 0.5) is 29.1 Å². The van der Waals surface area contributed by atoms with Gasteiger partial charge in [0.05, 0.1) is 36.6 Å². The second-order valence-electron chi connectivity index (χ2n) is 14.0. The molecule has 13 nitrogen and oxygen atoms in total. The van der Waals surface area contributed by atoms with Crippen LogP contribution in [-0.2, 0) is 40.9 Å². The summed E-state index contributed by atoms with van der Waals surface area (Å²) in [6, 6.07) is 13.6. The number of benzene rings is 3. The molecule has 0 spiro atoms. The monoisotopic (exact) mass is 818 g/mol. The summed E-state index contributed by atoms with van der Waals surface area (Å²) in [5.41, 5.74) is -0.312. The van der Waals surface area contributed by atoms with Crippen LogP contribution in [0.1, 0.15) is 34.1 Å². The molecule has 0 unspecified atom stereocenters. The second kappa shape index (κ2) is 16.8. The van der Waals surface area contributed by atoms with Crippen LogP contribution in [0.5, 0.6) is 11.5 Å². The van der Waals surface area contributed by atoms with E-state index in [0.29, 0.717) is 29.9 Å². The maximum atomic E-state index is 15.2. The highest BCUT2D eigenvalue weighted by molar-refractivity contribution is 7.92. The van der Waals surface area contributed by atoms with Gasteiger partial charge in [0.1, 0.15) is 18.3 Å². The topological polar surface area (TPSA) is 167 Å². The average Bonchev–Trinajstić information content (AvgIpc) is 3.51. The molecule has 0 bridgehead atoms. The van der Waals surface area contributed by atoms with Crippen LogP contribution in [0, 0.1) is 5.82 Å². The van der Waals surface area contributed by atoms with Crippen LogP contribution in [0.3, 0.4) is 0 Å². The smallest absolute Gasteiger partial charge is 0.393 e.